The predicted octanol–water partition coefficient (Wildman–Crippen LogP) is 4.84. The average Bonchev–Trinajstić information content (AvgIpc) is 2.11. The summed E-state index contributed by atoms with van der Waals surface area (Å²) in [6.07, 6.45) is 9.27. The quantitative estimate of drug-likeness (QED) is 0.495. The van der Waals surface area contributed by atoms with Gasteiger partial charge in [0.25, 0.3) is 0 Å². The molecule has 0 heterocycles. The van der Waals surface area contributed by atoms with Crippen LogP contribution in [0.3, 0.4) is 0 Å². The third-order valence-corrected chi connectivity index (χ3v) is 3.41. The lowest BCUT2D eigenvalue weighted by molar-refractivity contribution is 0.231. The second-order valence-electron chi connectivity index (χ2n) is 4.92. The number of hydrogen-bond donors (Lipinski definition) is 0. The van der Waals surface area contributed by atoms with E-state index >= 15 is 0 Å². The van der Waals surface area contributed by atoms with E-state index in [1.54, 1.807) is 0 Å². The Bertz CT molecular complexity index is 113. The highest BCUT2D eigenvalue weighted by Crippen LogP contribution is 2.33. The summed E-state index contributed by atoms with van der Waals surface area (Å²) < 4.78 is 0. The zero-order chi connectivity index (χ0) is 10.3. The van der Waals surface area contributed by atoms with Gasteiger partial charge >= 0.3 is 0 Å². The fourth-order valence-electron chi connectivity index (χ4n) is 1.69. The van der Waals surface area contributed by atoms with E-state index in [9.17, 15) is 0 Å². The molecule has 0 nitrogen and oxygen atoms in total. The van der Waals surface area contributed by atoms with Gasteiger partial charge in [0.15, 0.2) is 0 Å². The Balaban J connectivity index is 3.62. The third-order valence-electron chi connectivity index (χ3n) is 3.41. The lowest BCUT2D eigenvalue weighted by atomic mass is 9.75. The van der Waals surface area contributed by atoms with Crippen molar-refractivity contribution in [1.82, 2.24) is 0 Å². The molecule has 0 bridgehead atoms. The summed E-state index contributed by atoms with van der Waals surface area (Å²) in [5.41, 5.74) is 0.502. The van der Waals surface area contributed by atoms with Crippen molar-refractivity contribution >= 4 is 0 Å². The Kier molecular flexibility index (Phi) is 6.45. The van der Waals surface area contributed by atoms with E-state index in [1.165, 1.54) is 32.1 Å². The summed E-state index contributed by atoms with van der Waals surface area (Å²) in [6, 6.07) is 0. The molecule has 1 atom stereocenters. The molecule has 0 spiro atoms. The van der Waals surface area contributed by atoms with E-state index in [1.807, 2.05) is 0 Å². The molecule has 0 N–H and O–H groups in total. The molecule has 0 aromatic carbocycles. The van der Waals surface area contributed by atoms with Gasteiger partial charge in [0.2, 0.25) is 0 Å². The number of rotatable bonds is 7. The van der Waals surface area contributed by atoms with E-state index in [2.05, 4.69) is 41.0 Å². The van der Waals surface area contributed by atoms with Crippen LogP contribution in [-0.4, -0.2) is 0 Å². The zero-order valence-electron chi connectivity index (χ0n) is 10.2. The topological polar surface area (TPSA) is 0 Å². The van der Waals surface area contributed by atoms with Gasteiger partial charge in [0, 0.05) is 0 Å². The zero-order valence-corrected chi connectivity index (χ0v) is 10.2. The number of hydrogen-bond acceptors (Lipinski definition) is 0. The maximum Gasteiger partial charge on any atom is -0.0326 e. The van der Waals surface area contributed by atoms with E-state index < -0.39 is 0 Å². The second kappa shape index (κ2) is 6.45. The molecule has 0 aliphatic heterocycles. The van der Waals surface area contributed by atoms with Crippen molar-refractivity contribution in [2.24, 2.45) is 11.3 Å². The smallest absolute Gasteiger partial charge is 0.0326 e. The first-order chi connectivity index (χ1) is 6.04. The fourth-order valence-corrected chi connectivity index (χ4v) is 1.69. The normalized spacial score (nSPS) is 14.5. The molecule has 0 saturated heterocycles. The molecule has 0 heteroatoms. The van der Waals surface area contributed by atoms with E-state index in [0.29, 0.717) is 5.41 Å². The molecule has 0 aliphatic carbocycles. The summed E-state index contributed by atoms with van der Waals surface area (Å²) in [6.45, 7) is 11.6. The van der Waals surface area contributed by atoms with Crippen molar-refractivity contribution < 1.29 is 0 Å². The molecule has 0 aliphatic rings. The summed E-state index contributed by atoms with van der Waals surface area (Å²) >= 11 is 0. The van der Waals surface area contributed by atoms with Crippen LogP contribution in [0.2, 0.25) is 0 Å². The van der Waals surface area contributed by atoms with Crippen LogP contribution in [-0.2, 0) is 0 Å². The SMILES string of the molecule is C[CH]C(C)C(C)(C)CCCCCC. The molecule has 0 fully saturated rings. The highest BCUT2D eigenvalue weighted by Gasteiger charge is 2.23. The van der Waals surface area contributed by atoms with Crippen molar-refractivity contribution in [2.75, 3.05) is 0 Å². The first-order valence-electron chi connectivity index (χ1n) is 5.84. The molecule has 13 heavy (non-hydrogen) atoms. The second-order valence-corrected chi connectivity index (χ2v) is 4.92. The molecule has 79 valence electrons. The van der Waals surface area contributed by atoms with Gasteiger partial charge in [-0.25, -0.2) is 0 Å². The number of unbranched alkanes of at least 4 members (excludes halogenated alkanes) is 3. The lowest BCUT2D eigenvalue weighted by Crippen LogP contribution is -2.21. The molecule has 0 saturated carbocycles. The monoisotopic (exact) mass is 183 g/mol. The Hall–Kier alpha value is 0. The van der Waals surface area contributed by atoms with Gasteiger partial charge in [0.05, 0.1) is 0 Å². The van der Waals surface area contributed by atoms with Crippen LogP contribution < -0.4 is 0 Å². The fraction of sp³-hybridized carbons (Fsp3) is 0.923. The first kappa shape index (κ1) is 13.0. The molecular weight excluding hydrogens is 156 g/mol. The standard InChI is InChI=1S/C13H27/c1-6-8-9-10-11-13(4,5)12(3)7-2/h7,12H,6,8-11H2,1-5H3. The Morgan fingerprint density at radius 3 is 2.23 bits per heavy atom. The summed E-state index contributed by atoms with van der Waals surface area (Å²) in [7, 11) is 0. The van der Waals surface area contributed by atoms with Crippen LogP contribution in [0.25, 0.3) is 0 Å². The van der Waals surface area contributed by atoms with E-state index in [0.717, 1.165) is 5.92 Å². The van der Waals surface area contributed by atoms with E-state index in [-0.39, 0.29) is 0 Å². The Morgan fingerprint density at radius 2 is 1.77 bits per heavy atom. The summed E-state index contributed by atoms with van der Waals surface area (Å²) in [5.74, 6) is 0.745. The third kappa shape index (κ3) is 5.33. The Labute approximate surface area is 85.1 Å². The lowest BCUT2D eigenvalue weighted by Gasteiger charge is -2.31. The average molecular weight is 183 g/mol. The first-order valence-corrected chi connectivity index (χ1v) is 5.84. The van der Waals surface area contributed by atoms with Crippen LogP contribution in [0, 0.1) is 17.8 Å². The predicted molar refractivity (Wildman–Crippen MR) is 61.7 cm³/mol. The largest absolute Gasteiger partial charge is 0.0654 e. The minimum Gasteiger partial charge on any atom is -0.0654 e. The van der Waals surface area contributed by atoms with Crippen LogP contribution in [0.5, 0.6) is 0 Å². The van der Waals surface area contributed by atoms with Crippen LogP contribution >= 0.6 is 0 Å². The Morgan fingerprint density at radius 1 is 1.15 bits per heavy atom. The maximum atomic E-state index is 2.39. The van der Waals surface area contributed by atoms with Crippen molar-refractivity contribution in [3.63, 3.8) is 0 Å². The summed E-state index contributed by atoms with van der Waals surface area (Å²) in [4.78, 5) is 0. The van der Waals surface area contributed by atoms with Crippen LogP contribution in [0.15, 0.2) is 0 Å². The molecule has 1 unspecified atom stereocenters. The molecule has 0 aromatic heterocycles. The van der Waals surface area contributed by atoms with E-state index in [4.69, 9.17) is 0 Å². The summed E-state index contributed by atoms with van der Waals surface area (Å²) in [5, 5.41) is 0. The molecule has 0 aromatic rings. The molecule has 1 radical (unpaired) electrons. The maximum absolute atomic E-state index is 2.39. The molecule has 0 amide bonds. The van der Waals surface area contributed by atoms with Gasteiger partial charge in [-0.1, -0.05) is 60.3 Å². The van der Waals surface area contributed by atoms with Gasteiger partial charge in [-0.15, -0.1) is 0 Å². The van der Waals surface area contributed by atoms with Gasteiger partial charge in [-0.05, 0) is 24.2 Å². The van der Waals surface area contributed by atoms with Crippen molar-refractivity contribution in [2.45, 2.75) is 66.7 Å². The minimum absolute atomic E-state index is 0.502. The van der Waals surface area contributed by atoms with Crippen LogP contribution in [0.1, 0.15) is 66.7 Å². The highest BCUT2D eigenvalue weighted by atomic mass is 14.3. The van der Waals surface area contributed by atoms with Gasteiger partial charge in [-0.3, -0.25) is 0 Å². The highest BCUT2D eigenvalue weighted by molar-refractivity contribution is 4.82. The van der Waals surface area contributed by atoms with Gasteiger partial charge < -0.3 is 0 Å². The van der Waals surface area contributed by atoms with Crippen molar-refractivity contribution in [3.05, 3.63) is 6.42 Å². The van der Waals surface area contributed by atoms with Gasteiger partial charge in [-0.2, -0.15) is 0 Å². The minimum atomic E-state index is 0.502. The van der Waals surface area contributed by atoms with Crippen LogP contribution in [0.4, 0.5) is 0 Å². The molecule has 0 rings (SSSR count). The van der Waals surface area contributed by atoms with Gasteiger partial charge in [0.1, 0.15) is 0 Å². The van der Waals surface area contributed by atoms with Crippen molar-refractivity contribution in [3.8, 4) is 0 Å². The molecular formula is C13H27. The van der Waals surface area contributed by atoms with Crippen molar-refractivity contribution in [1.29, 1.82) is 0 Å².